The molecule has 0 aliphatic rings. The van der Waals surface area contributed by atoms with Crippen LogP contribution in [0.1, 0.15) is 11.1 Å². The number of hydrogen-bond donors (Lipinski definition) is 2. The van der Waals surface area contributed by atoms with Crippen LogP contribution in [0.3, 0.4) is 0 Å². The van der Waals surface area contributed by atoms with E-state index in [1.807, 2.05) is 55.5 Å². The van der Waals surface area contributed by atoms with Crippen LogP contribution in [-0.2, 0) is 0 Å². The molecule has 0 aromatic heterocycles. The van der Waals surface area contributed by atoms with Crippen molar-refractivity contribution >= 4 is 17.8 Å². The predicted octanol–water partition coefficient (Wildman–Crippen LogP) is 3.80. The molecule has 0 saturated carbocycles. The van der Waals surface area contributed by atoms with Gasteiger partial charge in [0, 0.05) is 17.5 Å². The summed E-state index contributed by atoms with van der Waals surface area (Å²) in [4.78, 5) is 11.7. The Morgan fingerprint density at radius 2 is 1.81 bits per heavy atom. The Bertz CT molecular complexity index is 633. The van der Waals surface area contributed by atoms with Gasteiger partial charge in [0.25, 0.3) is 0 Å². The summed E-state index contributed by atoms with van der Waals surface area (Å²) in [5.74, 6) is 0.759. The number of rotatable bonds is 4. The number of nitrogens with one attached hydrogen (secondary N) is 2. The average Bonchev–Trinajstić information content (AvgIpc) is 2.50. The summed E-state index contributed by atoms with van der Waals surface area (Å²) in [5, 5.41) is 5.41. The lowest BCUT2D eigenvalue weighted by molar-refractivity contribution is 0.255. The van der Waals surface area contributed by atoms with Crippen LogP contribution in [0.2, 0.25) is 0 Å². The highest BCUT2D eigenvalue weighted by molar-refractivity contribution is 5.90. The van der Waals surface area contributed by atoms with Gasteiger partial charge in [0.1, 0.15) is 5.75 Å². The van der Waals surface area contributed by atoms with Crippen molar-refractivity contribution in [2.45, 2.75) is 6.92 Å². The number of benzene rings is 2. The van der Waals surface area contributed by atoms with Crippen molar-refractivity contribution in [1.29, 1.82) is 0 Å². The van der Waals surface area contributed by atoms with Crippen molar-refractivity contribution in [3.63, 3.8) is 0 Å². The van der Waals surface area contributed by atoms with Crippen molar-refractivity contribution in [2.24, 2.45) is 0 Å². The molecule has 0 bridgehead atoms. The number of aryl methyl sites for hydroxylation is 1. The highest BCUT2D eigenvalue weighted by atomic mass is 16.5. The number of carbonyl (C=O) groups excluding carboxylic acids is 1. The first kappa shape index (κ1) is 14.7. The second-order valence-corrected chi connectivity index (χ2v) is 4.54. The van der Waals surface area contributed by atoms with Gasteiger partial charge in [0.15, 0.2) is 0 Å². The number of methoxy groups -OCH3 is 1. The Morgan fingerprint density at radius 3 is 2.52 bits per heavy atom. The maximum Gasteiger partial charge on any atom is 0.323 e. The number of ether oxygens (including phenoxy) is 1. The third kappa shape index (κ3) is 4.38. The topological polar surface area (TPSA) is 50.4 Å². The minimum atomic E-state index is -0.287. The van der Waals surface area contributed by atoms with E-state index in [1.165, 1.54) is 0 Å². The molecule has 0 saturated heterocycles. The van der Waals surface area contributed by atoms with Gasteiger partial charge in [-0.3, -0.25) is 0 Å². The first-order valence-corrected chi connectivity index (χ1v) is 6.63. The number of anilines is 1. The number of urea groups is 1. The molecule has 0 unspecified atom stereocenters. The lowest BCUT2D eigenvalue weighted by atomic mass is 10.2. The fourth-order valence-corrected chi connectivity index (χ4v) is 1.82. The van der Waals surface area contributed by atoms with Crippen LogP contribution in [-0.4, -0.2) is 13.1 Å². The molecular formula is C17H18N2O2. The molecule has 4 nitrogen and oxygen atoms in total. The Kier molecular flexibility index (Phi) is 4.99. The van der Waals surface area contributed by atoms with Gasteiger partial charge in [-0.1, -0.05) is 35.9 Å². The Hall–Kier alpha value is -2.75. The Labute approximate surface area is 124 Å². The number of hydrogen-bond acceptors (Lipinski definition) is 2. The molecule has 0 heterocycles. The molecule has 4 heteroatoms. The van der Waals surface area contributed by atoms with Crippen LogP contribution in [0, 0.1) is 6.92 Å². The second-order valence-electron chi connectivity index (χ2n) is 4.54. The molecule has 2 aromatic rings. The quantitative estimate of drug-likeness (QED) is 0.896. The van der Waals surface area contributed by atoms with Crippen molar-refractivity contribution in [3.05, 3.63) is 65.9 Å². The maximum atomic E-state index is 11.7. The largest absolute Gasteiger partial charge is 0.496 e. The lowest BCUT2D eigenvalue weighted by Crippen LogP contribution is -2.23. The van der Waals surface area contributed by atoms with Crippen LogP contribution < -0.4 is 15.4 Å². The van der Waals surface area contributed by atoms with Gasteiger partial charge in [-0.2, -0.15) is 0 Å². The zero-order chi connectivity index (χ0) is 15.1. The Balaban J connectivity index is 1.91. The molecule has 0 radical (unpaired) electrons. The first-order valence-electron chi connectivity index (χ1n) is 6.63. The third-order valence-electron chi connectivity index (χ3n) is 2.93. The van der Waals surface area contributed by atoms with Crippen LogP contribution in [0.4, 0.5) is 10.5 Å². The highest BCUT2D eigenvalue weighted by Gasteiger charge is 1.99. The van der Waals surface area contributed by atoms with E-state index in [9.17, 15) is 4.79 Å². The molecule has 2 N–H and O–H groups in total. The van der Waals surface area contributed by atoms with E-state index in [-0.39, 0.29) is 6.03 Å². The number of carbonyl (C=O) groups is 1. The van der Waals surface area contributed by atoms with Gasteiger partial charge in [-0.15, -0.1) is 0 Å². The van der Waals surface area contributed by atoms with Crippen molar-refractivity contribution < 1.29 is 9.53 Å². The molecule has 2 amide bonds. The summed E-state index contributed by atoms with van der Waals surface area (Å²) in [6.07, 6.45) is 3.37. The SMILES string of the molecule is COc1ccccc1/C=C/NC(=O)Nc1ccc(C)cc1. The molecule has 21 heavy (non-hydrogen) atoms. The molecule has 0 spiro atoms. The lowest BCUT2D eigenvalue weighted by Gasteiger charge is -2.05. The van der Waals surface area contributed by atoms with Gasteiger partial charge in [-0.25, -0.2) is 4.79 Å². The van der Waals surface area contributed by atoms with Crippen LogP contribution in [0.5, 0.6) is 5.75 Å². The predicted molar refractivity (Wildman–Crippen MR) is 85.4 cm³/mol. The van der Waals surface area contributed by atoms with Crippen molar-refractivity contribution in [2.75, 3.05) is 12.4 Å². The zero-order valence-electron chi connectivity index (χ0n) is 12.1. The monoisotopic (exact) mass is 282 g/mol. The molecular weight excluding hydrogens is 264 g/mol. The van der Waals surface area contributed by atoms with E-state index in [2.05, 4.69) is 10.6 Å². The van der Waals surface area contributed by atoms with Crippen molar-refractivity contribution in [3.8, 4) is 5.75 Å². The van der Waals surface area contributed by atoms with Crippen molar-refractivity contribution in [1.82, 2.24) is 5.32 Å². The van der Waals surface area contributed by atoms with E-state index in [0.717, 1.165) is 22.6 Å². The van der Waals surface area contributed by atoms with E-state index >= 15 is 0 Å². The van der Waals surface area contributed by atoms with Crippen LogP contribution in [0.25, 0.3) is 6.08 Å². The third-order valence-corrected chi connectivity index (χ3v) is 2.93. The van der Waals surface area contributed by atoms with Crippen LogP contribution >= 0.6 is 0 Å². The van der Waals surface area contributed by atoms with Gasteiger partial charge < -0.3 is 15.4 Å². The summed E-state index contributed by atoms with van der Waals surface area (Å²) >= 11 is 0. The average molecular weight is 282 g/mol. The van der Waals surface area contributed by atoms with Gasteiger partial charge in [-0.05, 0) is 31.2 Å². The number of amides is 2. The van der Waals surface area contributed by atoms with E-state index in [1.54, 1.807) is 19.4 Å². The highest BCUT2D eigenvalue weighted by Crippen LogP contribution is 2.18. The molecule has 0 fully saturated rings. The van der Waals surface area contributed by atoms with E-state index in [4.69, 9.17) is 4.74 Å². The summed E-state index contributed by atoms with van der Waals surface area (Å²) < 4.78 is 5.23. The summed E-state index contributed by atoms with van der Waals surface area (Å²) in [5.41, 5.74) is 2.80. The molecule has 0 aliphatic carbocycles. The normalized spacial score (nSPS) is 10.4. The fourth-order valence-electron chi connectivity index (χ4n) is 1.82. The summed E-state index contributed by atoms with van der Waals surface area (Å²) in [6.45, 7) is 2.00. The standard InChI is InChI=1S/C17H18N2O2/c1-13-7-9-15(10-8-13)19-17(20)18-12-11-14-5-3-4-6-16(14)21-2/h3-12H,1-2H3,(H2,18,19,20)/b12-11+. The molecule has 2 aromatic carbocycles. The first-order chi connectivity index (χ1) is 10.2. The van der Waals surface area contributed by atoms with E-state index in [0.29, 0.717) is 0 Å². The molecule has 108 valence electrons. The molecule has 0 atom stereocenters. The zero-order valence-corrected chi connectivity index (χ0v) is 12.1. The minimum Gasteiger partial charge on any atom is -0.496 e. The minimum absolute atomic E-state index is 0.287. The molecule has 0 aliphatic heterocycles. The number of para-hydroxylation sites is 1. The van der Waals surface area contributed by atoms with Crippen LogP contribution in [0.15, 0.2) is 54.7 Å². The van der Waals surface area contributed by atoms with Gasteiger partial charge in [0.05, 0.1) is 7.11 Å². The van der Waals surface area contributed by atoms with Gasteiger partial charge in [0.2, 0.25) is 0 Å². The molecule has 2 rings (SSSR count). The fraction of sp³-hybridized carbons (Fsp3) is 0.118. The Morgan fingerprint density at radius 1 is 1.10 bits per heavy atom. The van der Waals surface area contributed by atoms with E-state index < -0.39 is 0 Å². The van der Waals surface area contributed by atoms with Gasteiger partial charge >= 0.3 is 6.03 Å². The summed E-state index contributed by atoms with van der Waals surface area (Å²) in [6, 6.07) is 14.9. The summed E-state index contributed by atoms with van der Waals surface area (Å²) in [7, 11) is 1.62. The smallest absolute Gasteiger partial charge is 0.323 e. The second kappa shape index (κ2) is 7.14. The maximum absolute atomic E-state index is 11.7.